The maximum atomic E-state index is 9.41. The summed E-state index contributed by atoms with van der Waals surface area (Å²) in [5.41, 5.74) is 0.981. The molecule has 0 aromatic heterocycles. The van der Waals surface area contributed by atoms with Crippen LogP contribution in [0.4, 0.5) is 0 Å². The van der Waals surface area contributed by atoms with Gasteiger partial charge in [-0.2, -0.15) is 0 Å². The van der Waals surface area contributed by atoms with Crippen LogP contribution in [0.3, 0.4) is 0 Å². The van der Waals surface area contributed by atoms with Crippen molar-refractivity contribution in [1.29, 1.82) is 0 Å². The van der Waals surface area contributed by atoms with Crippen molar-refractivity contribution in [2.45, 2.75) is 32.9 Å². The predicted octanol–water partition coefficient (Wildman–Crippen LogP) is 1.32. The molecular weight excluding hydrogens is 258 g/mol. The fraction of sp³-hybridized carbons (Fsp3) is 0.600. The number of aliphatic hydroxyl groups is 2. The highest BCUT2D eigenvalue weighted by atomic mass is 16.5. The average molecular weight is 283 g/mol. The van der Waals surface area contributed by atoms with Crippen molar-refractivity contribution in [1.82, 2.24) is 5.32 Å². The van der Waals surface area contributed by atoms with E-state index in [9.17, 15) is 5.11 Å². The molecule has 20 heavy (non-hydrogen) atoms. The van der Waals surface area contributed by atoms with E-state index in [1.807, 2.05) is 25.1 Å². The van der Waals surface area contributed by atoms with Gasteiger partial charge in [0.05, 0.1) is 13.2 Å². The number of hydrogen-bond donors (Lipinski definition) is 3. The number of para-hydroxylation sites is 1. The molecule has 0 radical (unpaired) electrons. The highest BCUT2D eigenvalue weighted by Crippen LogP contribution is 2.31. The van der Waals surface area contributed by atoms with E-state index in [1.54, 1.807) is 0 Å². The predicted molar refractivity (Wildman–Crippen MR) is 78.2 cm³/mol. The smallest absolute Gasteiger partial charge is 0.165 e. The summed E-state index contributed by atoms with van der Waals surface area (Å²) in [6.45, 7) is 5.90. The van der Waals surface area contributed by atoms with E-state index in [-0.39, 0.29) is 13.2 Å². The number of benzene rings is 1. The minimum absolute atomic E-state index is 0.0430. The molecule has 1 unspecified atom stereocenters. The Hall–Kier alpha value is -1.30. The first-order valence-electron chi connectivity index (χ1n) is 7.10. The first-order chi connectivity index (χ1) is 9.72. The topological polar surface area (TPSA) is 71.0 Å². The first-order valence-corrected chi connectivity index (χ1v) is 7.10. The van der Waals surface area contributed by atoms with Gasteiger partial charge in [-0.3, -0.25) is 0 Å². The molecule has 1 rings (SSSR count). The van der Waals surface area contributed by atoms with Gasteiger partial charge < -0.3 is 25.0 Å². The summed E-state index contributed by atoms with van der Waals surface area (Å²) in [4.78, 5) is 0. The third-order valence-corrected chi connectivity index (χ3v) is 2.73. The summed E-state index contributed by atoms with van der Waals surface area (Å²) in [5.74, 6) is 1.29. The normalized spacial score (nSPS) is 12.2. The van der Waals surface area contributed by atoms with Crippen molar-refractivity contribution in [2.24, 2.45) is 0 Å². The lowest BCUT2D eigenvalue weighted by Crippen LogP contribution is -2.22. The molecule has 0 bridgehead atoms. The van der Waals surface area contributed by atoms with Crippen LogP contribution in [0.1, 0.15) is 25.8 Å². The fourth-order valence-electron chi connectivity index (χ4n) is 1.77. The van der Waals surface area contributed by atoms with Gasteiger partial charge in [0.2, 0.25) is 0 Å². The molecule has 0 spiro atoms. The molecule has 0 aliphatic rings. The molecule has 0 fully saturated rings. The van der Waals surface area contributed by atoms with Crippen LogP contribution in [0, 0.1) is 0 Å². The van der Waals surface area contributed by atoms with Crippen LogP contribution in [0.15, 0.2) is 18.2 Å². The van der Waals surface area contributed by atoms with Crippen LogP contribution >= 0.6 is 0 Å². The van der Waals surface area contributed by atoms with E-state index >= 15 is 0 Å². The number of nitrogens with one attached hydrogen (secondary N) is 1. The van der Waals surface area contributed by atoms with Crippen molar-refractivity contribution in [3.8, 4) is 11.5 Å². The van der Waals surface area contributed by atoms with Gasteiger partial charge in [-0.25, -0.2) is 0 Å². The van der Waals surface area contributed by atoms with Gasteiger partial charge in [-0.15, -0.1) is 0 Å². The number of rotatable bonds is 10. The highest BCUT2D eigenvalue weighted by molar-refractivity contribution is 5.46. The molecule has 0 saturated carbocycles. The Balaban J connectivity index is 2.81. The SMILES string of the molecule is CCCNCc1cccc(OCC)c1OCC(O)CO. The summed E-state index contributed by atoms with van der Waals surface area (Å²) in [5, 5.41) is 21.6. The second kappa shape index (κ2) is 9.58. The van der Waals surface area contributed by atoms with Crippen LogP contribution in [-0.2, 0) is 6.54 Å². The lowest BCUT2D eigenvalue weighted by Gasteiger charge is -2.17. The molecular formula is C15H25NO4. The lowest BCUT2D eigenvalue weighted by atomic mass is 10.1. The Kier molecular flexibility index (Phi) is 8.02. The zero-order valence-electron chi connectivity index (χ0n) is 12.3. The molecule has 5 nitrogen and oxygen atoms in total. The van der Waals surface area contributed by atoms with Gasteiger partial charge in [0, 0.05) is 12.1 Å². The van der Waals surface area contributed by atoms with Gasteiger partial charge in [0.1, 0.15) is 12.7 Å². The van der Waals surface area contributed by atoms with Crippen molar-refractivity contribution < 1.29 is 19.7 Å². The third-order valence-electron chi connectivity index (χ3n) is 2.73. The Morgan fingerprint density at radius 1 is 1.25 bits per heavy atom. The van der Waals surface area contributed by atoms with Gasteiger partial charge in [0.25, 0.3) is 0 Å². The van der Waals surface area contributed by atoms with Gasteiger partial charge >= 0.3 is 0 Å². The number of hydrogen-bond acceptors (Lipinski definition) is 5. The summed E-state index contributed by atoms with van der Waals surface area (Å²) < 4.78 is 11.2. The first kappa shape index (κ1) is 16.8. The number of ether oxygens (including phenoxy) is 2. The molecule has 0 heterocycles. The summed E-state index contributed by atoms with van der Waals surface area (Å²) in [7, 11) is 0. The van der Waals surface area contributed by atoms with Crippen LogP contribution in [-0.4, -0.2) is 42.7 Å². The molecule has 0 aliphatic carbocycles. The minimum Gasteiger partial charge on any atom is -0.490 e. The molecule has 114 valence electrons. The molecule has 1 aromatic carbocycles. The maximum Gasteiger partial charge on any atom is 0.165 e. The quantitative estimate of drug-likeness (QED) is 0.565. The third kappa shape index (κ3) is 5.36. The van der Waals surface area contributed by atoms with E-state index in [0.29, 0.717) is 24.7 Å². The van der Waals surface area contributed by atoms with E-state index in [1.165, 1.54) is 0 Å². The Morgan fingerprint density at radius 2 is 2.05 bits per heavy atom. The van der Waals surface area contributed by atoms with Crippen LogP contribution in [0.2, 0.25) is 0 Å². The Bertz CT molecular complexity index is 384. The van der Waals surface area contributed by atoms with Crippen LogP contribution in [0.5, 0.6) is 11.5 Å². The van der Waals surface area contributed by atoms with Gasteiger partial charge in [-0.1, -0.05) is 19.1 Å². The minimum atomic E-state index is -0.888. The molecule has 1 aromatic rings. The monoisotopic (exact) mass is 283 g/mol. The Morgan fingerprint density at radius 3 is 2.70 bits per heavy atom. The Labute approximate surface area is 120 Å². The second-order valence-corrected chi connectivity index (χ2v) is 4.50. The lowest BCUT2D eigenvalue weighted by molar-refractivity contribution is 0.0521. The second-order valence-electron chi connectivity index (χ2n) is 4.50. The van der Waals surface area contributed by atoms with Crippen LogP contribution < -0.4 is 14.8 Å². The zero-order valence-corrected chi connectivity index (χ0v) is 12.3. The molecule has 5 heteroatoms. The number of aliphatic hydroxyl groups excluding tert-OH is 2. The van der Waals surface area contributed by atoms with Gasteiger partial charge in [0.15, 0.2) is 11.5 Å². The molecule has 1 atom stereocenters. The van der Waals surface area contributed by atoms with E-state index in [2.05, 4.69) is 12.2 Å². The van der Waals surface area contributed by atoms with E-state index < -0.39 is 6.10 Å². The zero-order chi connectivity index (χ0) is 14.8. The van der Waals surface area contributed by atoms with Gasteiger partial charge in [-0.05, 0) is 26.0 Å². The van der Waals surface area contributed by atoms with Crippen molar-refractivity contribution in [2.75, 3.05) is 26.4 Å². The standard InChI is InChI=1S/C15H25NO4/c1-3-8-16-9-12-6-5-7-14(19-4-2)15(12)20-11-13(18)10-17/h5-7,13,16-18H,3-4,8-11H2,1-2H3. The van der Waals surface area contributed by atoms with E-state index in [4.69, 9.17) is 14.6 Å². The molecule has 0 aliphatic heterocycles. The molecule has 0 amide bonds. The van der Waals surface area contributed by atoms with Crippen molar-refractivity contribution >= 4 is 0 Å². The molecule has 0 saturated heterocycles. The summed E-state index contributed by atoms with van der Waals surface area (Å²) in [6, 6.07) is 5.72. The largest absolute Gasteiger partial charge is 0.490 e. The summed E-state index contributed by atoms with van der Waals surface area (Å²) in [6.07, 6.45) is 0.172. The summed E-state index contributed by atoms with van der Waals surface area (Å²) >= 11 is 0. The highest BCUT2D eigenvalue weighted by Gasteiger charge is 2.13. The maximum absolute atomic E-state index is 9.41. The van der Waals surface area contributed by atoms with Crippen LogP contribution in [0.25, 0.3) is 0 Å². The van der Waals surface area contributed by atoms with Crippen molar-refractivity contribution in [3.05, 3.63) is 23.8 Å². The molecule has 3 N–H and O–H groups in total. The average Bonchev–Trinajstić information content (AvgIpc) is 2.46. The van der Waals surface area contributed by atoms with Crippen molar-refractivity contribution in [3.63, 3.8) is 0 Å². The fourth-order valence-corrected chi connectivity index (χ4v) is 1.77. The van der Waals surface area contributed by atoms with E-state index in [0.717, 1.165) is 18.5 Å².